The number of carbonyl (C=O) groups excluding carboxylic acids is 1. The van der Waals surface area contributed by atoms with Gasteiger partial charge in [-0.3, -0.25) is 4.79 Å². The number of hydrogen-bond donors (Lipinski definition) is 4. The Morgan fingerprint density at radius 1 is 0.643 bits per heavy atom. The standard InChI is InChI=1S/C37H69NO4/c1-4-6-8-10-12-14-15-16-18-20-22-26-31-36(41)37(42)38-34(32-39)35(40)30-27-23-25-29-33(3)28-24-21-19-17-13-11-9-7-5-2/h26-27,29-31,34-36,39-41H,4-25,28,32H2,1-3H3,(H,38,42). The molecule has 0 aromatic rings. The number of allylic oxidation sites excluding steroid dienone is 4. The second-order valence-corrected chi connectivity index (χ2v) is 12.3. The monoisotopic (exact) mass is 592 g/mol. The van der Waals surface area contributed by atoms with E-state index in [1.807, 2.05) is 12.2 Å². The fourth-order valence-electron chi connectivity index (χ4n) is 5.18. The molecule has 0 aliphatic carbocycles. The highest BCUT2D eigenvalue weighted by Crippen LogP contribution is 2.14. The predicted molar refractivity (Wildman–Crippen MR) is 181 cm³/mol. The number of rotatable bonds is 30. The van der Waals surface area contributed by atoms with E-state index in [1.54, 1.807) is 6.08 Å². The van der Waals surface area contributed by atoms with Gasteiger partial charge in [0.25, 0.3) is 5.91 Å². The molecule has 0 bridgehead atoms. The maximum Gasteiger partial charge on any atom is 0.253 e. The highest BCUT2D eigenvalue weighted by atomic mass is 16.3. The number of amides is 1. The van der Waals surface area contributed by atoms with Crippen LogP contribution in [0, 0.1) is 0 Å². The van der Waals surface area contributed by atoms with Gasteiger partial charge in [0.2, 0.25) is 0 Å². The molecule has 4 N–H and O–H groups in total. The first-order chi connectivity index (χ1) is 20.5. The molecule has 0 aliphatic heterocycles. The summed E-state index contributed by atoms with van der Waals surface area (Å²) in [4.78, 5) is 12.3. The van der Waals surface area contributed by atoms with Gasteiger partial charge in [-0.1, -0.05) is 159 Å². The Morgan fingerprint density at radius 2 is 1.12 bits per heavy atom. The van der Waals surface area contributed by atoms with Crippen LogP contribution >= 0.6 is 0 Å². The highest BCUT2D eigenvalue weighted by molar-refractivity contribution is 5.82. The molecule has 3 unspecified atom stereocenters. The van der Waals surface area contributed by atoms with E-state index >= 15 is 0 Å². The van der Waals surface area contributed by atoms with Crippen molar-refractivity contribution in [2.75, 3.05) is 6.61 Å². The molecule has 5 heteroatoms. The van der Waals surface area contributed by atoms with E-state index < -0.39 is 30.8 Å². The summed E-state index contributed by atoms with van der Waals surface area (Å²) in [6.45, 7) is 6.30. The molecule has 0 radical (unpaired) electrons. The first-order valence-corrected chi connectivity index (χ1v) is 17.7. The SMILES string of the molecule is CCCCCCCCCCCCC=CC(O)C(=O)NC(CO)C(O)C=CCCC=C(C)CCCCCCCCCCC. The minimum Gasteiger partial charge on any atom is -0.394 e. The normalized spacial score (nSPS) is 14.6. The molecule has 3 atom stereocenters. The minimum atomic E-state index is -1.28. The number of aliphatic hydroxyl groups is 3. The summed E-state index contributed by atoms with van der Waals surface area (Å²) >= 11 is 0. The van der Waals surface area contributed by atoms with Gasteiger partial charge in [-0.15, -0.1) is 0 Å². The molecule has 0 saturated heterocycles. The Morgan fingerprint density at radius 3 is 1.64 bits per heavy atom. The second-order valence-electron chi connectivity index (χ2n) is 12.3. The van der Waals surface area contributed by atoms with Crippen molar-refractivity contribution < 1.29 is 20.1 Å². The van der Waals surface area contributed by atoms with Gasteiger partial charge in [-0.2, -0.15) is 0 Å². The molecule has 0 saturated carbocycles. The van der Waals surface area contributed by atoms with Crippen molar-refractivity contribution in [2.45, 2.75) is 187 Å². The van der Waals surface area contributed by atoms with Gasteiger partial charge in [-0.05, 0) is 45.4 Å². The molecule has 0 aromatic carbocycles. The molecule has 0 fully saturated rings. The van der Waals surface area contributed by atoms with E-state index in [9.17, 15) is 20.1 Å². The molecule has 0 heterocycles. The summed E-state index contributed by atoms with van der Waals surface area (Å²) in [5.41, 5.74) is 1.42. The third kappa shape index (κ3) is 26.2. The summed E-state index contributed by atoms with van der Waals surface area (Å²) in [5.74, 6) is -0.601. The maximum absolute atomic E-state index is 12.3. The van der Waals surface area contributed by atoms with E-state index in [2.05, 4.69) is 32.2 Å². The summed E-state index contributed by atoms with van der Waals surface area (Å²) in [6.07, 6.45) is 35.4. The molecule has 0 aromatic heterocycles. The molecular formula is C37H69NO4. The molecule has 0 rings (SSSR count). The van der Waals surface area contributed by atoms with Crippen LogP contribution in [0.15, 0.2) is 36.0 Å². The van der Waals surface area contributed by atoms with Crippen molar-refractivity contribution >= 4 is 5.91 Å². The fraction of sp³-hybridized carbons (Fsp3) is 0.811. The van der Waals surface area contributed by atoms with Gasteiger partial charge in [0.1, 0.15) is 0 Å². The Labute approximate surface area is 260 Å². The van der Waals surface area contributed by atoms with Gasteiger partial charge >= 0.3 is 0 Å². The highest BCUT2D eigenvalue weighted by Gasteiger charge is 2.21. The van der Waals surface area contributed by atoms with E-state index in [0.717, 1.165) is 32.1 Å². The Hall–Kier alpha value is -1.43. The average molecular weight is 592 g/mol. The van der Waals surface area contributed by atoms with Gasteiger partial charge < -0.3 is 20.6 Å². The van der Waals surface area contributed by atoms with Crippen molar-refractivity contribution in [3.8, 4) is 0 Å². The first-order valence-electron chi connectivity index (χ1n) is 17.7. The van der Waals surface area contributed by atoms with Crippen LogP contribution in [0.4, 0.5) is 0 Å². The maximum atomic E-state index is 12.3. The third-order valence-electron chi connectivity index (χ3n) is 8.08. The second kappa shape index (κ2) is 31.0. The molecule has 5 nitrogen and oxygen atoms in total. The van der Waals surface area contributed by atoms with E-state index in [1.165, 1.54) is 127 Å². The predicted octanol–water partition coefficient (Wildman–Crippen LogP) is 9.26. The zero-order chi connectivity index (χ0) is 31.1. The van der Waals surface area contributed by atoms with E-state index in [4.69, 9.17) is 0 Å². The van der Waals surface area contributed by atoms with Crippen molar-refractivity contribution in [1.29, 1.82) is 0 Å². The zero-order valence-electron chi connectivity index (χ0n) is 27.8. The van der Waals surface area contributed by atoms with Crippen molar-refractivity contribution in [3.63, 3.8) is 0 Å². The molecule has 246 valence electrons. The first kappa shape index (κ1) is 40.6. The zero-order valence-corrected chi connectivity index (χ0v) is 27.8. The molecule has 1 amide bonds. The van der Waals surface area contributed by atoms with Crippen LogP contribution in [-0.4, -0.2) is 46.1 Å². The summed E-state index contributed by atoms with van der Waals surface area (Å²) < 4.78 is 0. The summed E-state index contributed by atoms with van der Waals surface area (Å²) in [5, 5.41) is 32.8. The van der Waals surface area contributed by atoms with Crippen LogP contribution in [0.1, 0.15) is 168 Å². The molecular weight excluding hydrogens is 522 g/mol. The van der Waals surface area contributed by atoms with Crippen LogP contribution in [0.3, 0.4) is 0 Å². The lowest BCUT2D eigenvalue weighted by molar-refractivity contribution is -0.128. The molecule has 0 aliphatic rings. The van der Waals surface area contributed by atoms with Crippen LogP contribution < -0.4 is 5.32 Å². The van der Waals surface area contributed by atoms with Crippen molar-refractivity contribution in [1.82, 2.24) is 5.32 Å². The lowest BCUT2D eigenvalue weighted by Gasteiger charge is -2.20. The smallest absolute Gasteiger partial charge is 0.253 e. The fourth-order valence-corrected chi connectivity index (χ4v) is 5.18. The summed E-state index contributed by atoms with van der Waals surface area (Å²) in [7, 11) is 0. The Balaban J connectivity index is 4.01. The number of nitrogens with one attached hydrogen (secondary N) is 1. The number of carbonyl (C=O) groups is 1. The topological polar surface area (TPSA) is 89.8 Å². The van der Waals surface area contributed by atoms with Crippen molar-refractivity contribution in [2.24, 2.45) is 0 Å². The molecule has 0 spiro atoms. The largest absolute Gasteiger partial charge is 0.394 e. The quantitative estimate of drug-likeness (QED) is 0.0495. The summed E-state index contributed by atoms with van der Waals surface area (Å²) in [6, 6.07) is -0.845. The van der Waals surface area contributed by atoms with Gasteiger partial charge in [0, 0.05) is 0 Å². The Bertz CT molecular complexity index is 687. The minimum absolute atomic E-state index is 0.399. The van der Waals surface area contributed by atoms with Crippen LogP contribution in [0.25, 0.3) is 0 Å². The van der Waals surface area contributed by atoms with Crippen molar-refractivity contribution in [3.05, 3.63) is 36.0 Å². The number of unbranched alkanes of at least 4 members (excludes halogenated alkanes) is 19. The van der Waals surface area contributed by atoms with E-state index in [0.29, 0.717) is 0 Å². The lowest BCUT2D eigenvalue weighted by atomic mass is 10.0. The lowest BCUT2D eigenvalue weighted by Crippen LogP contribution is -2.48. The number of hydrogen-bond acceptors (Lipinski definition) is 4. The average Bonchev–Trinajstić information content (AvgIpc) is 2.98. The third-order valence-corrected chi connectivity index (χ3v) is 8.08. The van der Waals surface area contributed by atoms with Gasteiger partial charge in [0.05, 0.1) is 18.8 Å². The van der Waals surface area contributed by atoms with Crippen LogP contribution in [0.5, 0.6) is 0 Å². The van der Waals surface area contributed by atoms with Crippen LogP contribution in [-0.2, 0) is 4.79 Å². The molecule has 42 heavy (non-hydrogen) atoms. The van der Waals surface area contributed by atoms with Gasteiger partial charge in [0.15, 0.2) is 6.10 Å². The van der Waals surface area contributed by atoms with Gasteiger partial charge in [-0.25, -0.2) is 0 Å². The Kier molecular flexibility index (Phi) is 30.0. The van der Waals surface area contributed by atoms with E-state index in [-0.39, 0.29) is 0 Å². The van der Waals surface area contributed by atoms with Crippen LogP contribution in [0.2, 0.25) is 0 Å². The number of aliphatic hydroxyl groups excluding tert-OH is 3.